The van der Waals surface area contributed by atoms with Gasteiger partial charge in [0.05, 0.1) is 12.2 Å². The molecular weight excluding hydrogens is 382 g/mol. The molecule has 2 aliphatic rings. The first-order valence-electron chi connectivity index (χ1n) is 8.52. The summed E-state index contributed by atoms with van der Waals surface area (Å²) in [4.78, 5) is 8.93. The molecule has 0 atom stereocenters. The van der Waals surface area contributed by atoms with Crippen LogP contribution in [0.2, 0.25) is 0 Å². The minimum absolute atomic E-state index is 0.965. The van der Waals surface area contributed by atoms with Gasteiger partial charge in [-0.1, -0.05) is 22.9 Å². The van der Waals surface area contributed by atoms with E-state index in [0.717, 1.165) is 43.7 Å². The molecule has 0 unspecified atom stereocenters. The molecule has 0 spiro atoms. The van der Waals surface area contributed by atoms with Crippen molar-refractivity contribution in [2.75, 3.05) is 37.6 Å². The predicted molar refractivity (Wildman–Crippen MR) is 106 cm³/mol. The Morgan fingerprint density at radius 3 is 2.50 bits per heavy atom. The van der Waals surface area contributed by atoms with Crippen molar-refractivity contribution in [2.24, 2.45) is 0 Å². The maximum atomic E-state index is 3.53. The average Bonchev–Trinajstić information content (AvgIpc) is 3.10. The Kier molecular flexibility index (Phi) is 4.66. The molecule has 0 aliphatic carbocycles. The summed E-state index contributed by atoms with van der Waals surface area (Å²) in [5, 5.41) is 2.23. The van der Waals surface area contributed by atoms with E-state index < -0.39 is 0 Å². The van der Waals surface area contributed by atoms with E-state index in [4.69, 9.17) is 0 Å². The molecule has 126 valence electrons. The van der Waals surface area contributed by atoms with Crippen molar-refractivity contribution in [3.05, 3.63) is 56.8 Å². The van der Waals surface area contributed by atoms with E-state index in [9.17, 15) is 0 Å². The van der Waals surface area contributed by atoms with Crippen molar-refractivity contribution in [2.45, 2.75) is 13.5 Å². The molecule has 3 nitrogen and oxygen atoms in total. The molecule has 1 aromatic carbocycles. The van der Waals surface area contributed by atoms with Crippen molar-refractivity contribution in [3.63, 3.8) is 0 Å². The second-order valence-corrected chi connectivity index (χ2v) is 8.21. The Hall–Kier alpha value is -1.30. The Morgan fingerprint density at radius 2 is 1.79 bits per heavy atom. The van der Waals surface area contributed by atoms with Gasteiger partial charge >= 0.3 is 0 Å². The molecule has 4 rings (SSSR count). The van der Waals surface area contributed by atoms with E-state index in [1.165, 1.54) is 21.8 Å². The second kappa shape index (κ2) is 6.90. The van der Waals surface area contributed by atoms with Crippen LogP contribution in [-0.4, -0.2) is 42.5 Å². The first kappa shape index (κ1) is 16.2. The van der Waals surface area contributed by atoms with Crippen molar-refractivity contribution < 1.29 is 0 Å². The second-order valence-electron chi connectivity index (χ2n) is 6.30. The minimum atomic E-state index is 0.965. The molecule has 2 aliphatic heterocycles. The van der Waals surface area contributed by atoms with E-state index >= 15 is 0 Å². The number of likely N-dealkylation sites (N-methyl/N-ethyl adjacent to an activating group) is 1. The van der Waals surface area contributed by atoms with Gasteiger partial charge in [-0.25, -0.2) is 0 Å². The number of benzene rings is 1. The third-order valence-corrected chi connectivity index (χ3v) is 6.37. The Morgan fingerprint density at radius 1 is 1.04 bits per heavy atom. The van der Waals surface area contributed by atoms with Crippen LogP contribution in [0.4, 0.5) is 5.69 Å². The van der Waals surface area contributed by atoms with Crippen LogP contribution in [0.3, 0.4) is 0 Å². The van der Waals surface area contributed by atoms with E-state index in [1.54, 1.807) is 0 Å². The number of halogens is 1. The molecule has 3 heterocycles. The highest BCUT2D eigenvalue weighted by Gasteiger charge is 2.25. The van der Waals surface area contributed by atoms with Gasteiger partial charge in [0, 0.05) is 53.0 Å². The highest BCUT2D eigenvalue weighted by atomic mass is 79.9. The molecule has 0 saturated carbocycles. The summed E-state index contributed by atoms with van der Waals surface area (Å²) in [6, 6.07) is 10.9. The summed E-state index contributed by atoms with van der Waals surface area (Å²) in [5.74, 6) is 0. The highest BCUT2D eigenvalue weighted by molar-refractivity contribution is 9.10. The minimum Gasteiger partial charge on any atom is -0.367 e. The molecule has 2 aromatic rings. The van der Waals surface area contributed by atoms with Gasteiger partial charge in [-0.05, 0) is 42.3 Å². The number of rotatable bonds is 3. The standard InChI is InChI=1S/C19H22BrN3S/c1-2-21-8-10-22(11-9-21)18-13-23(14-19-17(18)7-12-24-19)16-5-3-15(20)4-6-16/h3-7,12-13H,2,8-11,14H2,1H3. The first-order valence-corrected chi connectivity index (χ1v) is 10.2. The van der Waals surface area contributed by atoms with Crippen LogP contribution < -0.4 is 4.90 Å². The molecular formula is C19H22BrN3S. The quantitative estimate of drug-likeness (QED) is 0.748. The lowest BCUT2D eigenvalue weighted by atomic mass is 10.1. The summed E-state index contributed by atoms with van der Waals surface area (Å²) < 4.78 is 1.12. The van der Waals surface area contributed by atoms with Gasteiger partial charge in [-0.3, -0.25) is 0 Å². The Labute approximate surface area is 156 Å². The van der Waals surface area contributed by atoms with Gasteiger partial charge in [-0.2, -0.15) is 0 Å². The van der Waals surface area contributed by atoms with Gasteiger partial charge in [0.15, 0.2) is 0 Å². The van der Waals surface area contributed by atoms with Crippen LogP contribution in [0, 0.1) is 0 Å². The lowest BCUT2D eigenvalue weighted by Crippen LogP contribution is -2.45. The lowest BCUT2D eigenvalue weighted by molar-refractivity contribution is 0.182. The monoisotopic (exact) mass is 403 g/mol. The van der Waals surface area contributed by atoms with Gasteiger partial charge in [0.25, 0.3) is 0 Å². The summed E-state index contributed by atoms with van der Waals surface area (Å²) in [6.07, 6.45) is 2.35. The SMILES string of the molecule is CCN1CCN(C2=CN(c3ccc(Br)cc3)Cc3sccc32)CC1. The van der Waals surface area contributed by atoms with Gasteiger partial charge in [0.2, 0.25) is 0 Å². The largest absolute Gasteiger partial charge is 0.367 e. The normalized spacial score (nSPS) is 18.5. The number of nitrogens with zero attached hydrogens (tertiary/aromatic N) is 3. The summed E-state index contributed by atoms with van der Waals surface area (Å²) in [6.45, 7) is 8.92. The fourth-order valence-electron chi connectivity index (χ4n) is 3.46. The fraction of sp³-hybridized carbons (Fsp3) is 0.368. The third-order valence-electron chi connectivity index (χ3n) is 4.93. The highest BCUT2D eigenvalue weighted by Crippen LogP contribution is 2.35. The molecule has 24 heavy (non-hydrogen) atoms. The first-order chi connectivity index (χ1) is 11.7. The number of thiophene rings is 1. The number of hydrogen-bond acceptors (Lipinski definition) is 4. The van der Waals surface area contributed by atoms with Gasteiger partial charge in [0.1, 0.15) is 0 Å². The molecule has 0 bridgehead atoms. The summed E-state index contributed by atoms with van der Waals surface area (Å²) >= 11 is 5.40. The Bertz CT molecular complexity index is 729. The van der Waals surface area contributed by atoms with Crippen LogP contribution in [0.5, 0.6) is 0 Å². The Balaban J connectivity index is 1.63. The van der Waals surface area contributed by atoms with Crippen LogP contribution in [0.15, 0.2) is 46.4 Å². The summed E-state index contributed by atoms with van der Waals surface area (Å²) in [5.41, 5.74) is 4.07. The third kappa shape index (κ3) is 3.13. The lowest BCUT2D eigenvalue weighted by Gasteiger charge is -2.39. The predicted octanol–water partition coefficient (Wildman–Crippen LogP) is 4.47. The van der Waals surface area contributed by atoms with Crippen LogP contribution in [-0.2, 0) is 6.54 Å². The van der Waals surface area contributed by atoms with Gasteiger partial charge < -0.3 is 14.7 Å². The smallest absolute Gasteiger partial charge is 0.0618 e. The zero-order chi connectivity index (χ0) is 16.5. The fourth-order valence-corrected chi connectivity index (χ4v) is 4.61. The van der Waals surface area contributed by atoms with E-state index in [1.807, 2.05) is 11.3 Å². The van der Waals surface area contributed by atoms with Crippen LogP contribution in [0.25, 0.3) is 5.70 Å². The van der Waals surface area contributed by atoms with Crippen LogP contribution in [0.1, 0.15) is 17.4 Å². The number of fused-ring (bicyclic) bond motifs is 1. The molecule has 5 heteroatoms. The maximum absolute atomic E-state index is 3.53. The van der Waals surface area contributed by atoms with Crippen molar-refractivity contribution in [1.29, 1.82) is 0 Å². The zero-order valence-corrected chi connectivity index (χ0v) is 16.3. The topological polar surface area (TPSA) is 9.72 Å². The van der Waals surface area contributed by atoms with E-state index in [2.05, 4.69) is 79.5 Å². The molecule has 1 saturated heterocycles. The number of piperazine rings is 1. The van der Waals surface area contributed by atoms with Crippen molar-refractivity contribution >= 4 is 38.7 Å². The van der Waals surface area contributed by atoms with Gasteiger partial charge in [-0.15, -0.1) is 11.3 Å². The van der Waals surface area contributed by atoms with E-state index in [0.29, 0.717) is 0 Å². The zero-order valence-electron chi connectivity index (χ0n) is 13.9. The number of anilines is 1. The van der Waals surface area contributed by atoms with E-state index in [-0.39, 0.29) is 0 Å². The number of hydrogen-bond donors (Lipinski definition) is 0. The molecule has 1 aromatic heterocycles. The molecule has 1 fully saturated rings. The van der Waals surface area contributed by atoms with Crippen LogP contribution >= 0.6 is 27.3 Å². The molecule has 0 N–H and O–H groups in total. The summed E-state index contributed by atoms with van der Waals surface area (Å²) in [7, 11) is 0. The van der Waals surface area contributed by atoms with Crippen molar-refractivity contribution in [1.82, 2.24) is 9.80 Å². The molecule has 0 radical (unpaired) electrons. The maximum Gasteiger partial charge on any atom is 0.0618 e. The van der Waals surface area contributed by atoms with Crippen molar-refractivity contribution in [3.8, 4) is 0 Å². The average molecular weight is 404 g/mol. The molecule has 0 amide bonds.